The van der Waals surface area contributed by atoms with Crippen molar-refractivity contribution in [2.45, 2.75) is 109 Å². The third kappa shape index (κ3) is 7.70. The average Bonchev–Trinajstić information content (AvgIpc) is 3.75. The summed E-state index contributed by atoms with van der Waals surface area (Å²) in [5, 5.41) is 0. The Bertz CT molecular complexity index is 998. The second kappa shape index (κ2) is 15.5. The van der Waals surface area contributed by atoms with E-state index in [-0.39, 0.29) is 5.41 Å². The Kier molecular flexibility index (Phi) is 11.5. The smallest absolute Gasteiger partial charge is 0.512 e. The third-order valence-electron chi connectivity index (χ3n) is 8.86. The maximum Gasteiger partial charge on any atom is 0.713 e. The van der Waals surface area contributed by atoms with Crippen molar-refractivity contribution < 1.29 is 27.9 Å². The van der Waals surface area contributed by atoms with E-state index in [1.54, 1.807) is 0 Å². The molecule has 1 aliphatic carbocycles. The van der Waals surface area contributed by atoms with Gasteiger partial charge in [0.05, 0.1) is 26.4 Å². The molecule has 0 aromatic heterocycles. The van der Waals surface area contributed by atoms with Gasteiger partial charge in [-0.1, -0.05) is 103 Å². The molecule has 2 heterocycles. The Morgan fingerprint density at radius 2 is 0.951 bits per heavy atom. The SMILES string of the molecule is CCCCCCCCC1(CCCCCCCC)c2cc(OB3OCCO3)ccc2-c2ccc(OB3OCCO3)cc21. The minimum atomic E-state index is -0.630. The zero-order valence-corrected chi connectivity index (χ0v) is 25.3. The van der Waals surface area contributed by atoms with Gasteiger partial charge in [0, 0.05) is 5.41 Å². The quantitative estimate of drug-likeness (QED) is 0.135. The van der Waals surface area contributed by atoms with Crippen molar-refractivity contribution in [1.82, 2.24) is 0 Å². The molecule has 0 amide bonds. The minimum absolute atomic E-state index is 0.0896. The molecule has 8 heteroatoms. The largest absolute Gasteiger partial charge is 0.713 e. The van der Waals surface area contributed by atoms with Crippen molar-refractivity contribution in [1.29, 1.82) is 0 Å². The topological polar surface area (TPSA) is 55.4 Å². The molecule has 2 saturated heterocycles. The lowest BCUT2D eigenvalue weighted by atomic mass is 9.70. The van der Waals surface area contributed by atoms with Crippen LogP contribution >= 0.6 is 0 Å². The second-order valence-electron chi connectivity index (χ2n) is 11.8. The summed E-state index contributed by atoms with van der Waals surface area (Å²) in [4.78, 5) is 0. The maximum atomic E-state index is 6.14. The summed E-state index contributed by atoms with van der Waals surface area (Å²) in [5.74, 6) is 1.62. The first kappa shape index (κ1) is 30.5. The monoisotopic (exact) mass is 562 g/mol. The average molecular weight is 562 g/mol. The van der Waals surface area contributed by atoms with E-state index in [0.29, 0.717) is 26.4 Å². The van der Waals surface area contributed by atoms with Crippen LogP contribution < -0.4 is 9.31 Å². The summed E-state index contributed by atoms with van der Waals surface area (Å²) in [7, 11) is -1.26. The summed E-state index contributed by atoms with van der Waals surface area (Å²) in [6.07, 6.45) is 17.6. The van der Waals surface area contributed by atoms with Crippen LogP contribution in [-0.4, -0.2) is 41.1 Å². The molecule has 2 fully saturated rings. The van der Waals surface area contributed by atoms with E-state index in [0.717, 1.165) is 24.3 Å². The number of fused-ring (bicyclic) bond motifs is 3. The molecule has 5 rings (SSSR count). The van der Waals surface area contributed by atoms with Gasteiger partial charge in [0.15, 0.2) is 0 Å². The van der Waals surface area contributed by atoms with E-state index in [4.69, 9.17) is 27.9 Å². The summed E-state index contributed by atoms with van der Waals surface area (Å²) in [6.45, 7) is 6.84. The Morgan fingerprint density at radius 1 is 0.561 bits per heavy atom. The lowest BCUT2D eigenvalue weighted by Crippen LogP contribution is -2.27. The maximum absolute atomic E-state index is 6.14. The summed E-state index contributed by atoms with van der Waals surface area (Å²) in [5.41, 5.74) is 5.26. The zero-order chi connectivity index (χ0) is 28.3. The molecule has 0 unspecified atom stereocenters. The number of hydrogen-bond acceptors (Lipinski definition) is 6. The highest BCUT2D eigenvalue weighted by molar-refractivity contribution is 6.38. The van der Waals surface area contributed by atoms with Crippen molar-refractivity contribution in [3.8, 4) is 22.6 Å². The molecule has 2 aliphatic heterocycles. The van der Waals surface area contributed by atoms with Crippen LogP contribution in [0.1, 0.15) is 115 Å². The Hall–Kier alpha value is -1.99. The minimum Gasteiger partial charge on any atom is -0.512 e. The first-order chi connectivity index (χ1) is 20.2. The third-order valence-corrected chi connectivity index (χ3v) is 8.86. The Balaban J connectivity index is 1.45. The zero-order valence-electron chi connectivity index (χ0n) is 25.3. The van der Waals surface area contributed by atoms with Gasteiger partial charge in [-0.05, 0) is 59.4 Å². The first-order valence-electron chi connectivity index (χ1n) is 16.3. The van der Waals surface area contributed by atoms with Crippen LogP contribution in [0.4, 0.5) is 0 Å². The van der Waals surface area contributed by atoms with E-state index < -0.39 is 14.6 Å². The van der Waals surface area contributed by atoms with Crippen molar-refractivity contribution >= 4 is 14.6 Å². The van der Waals surface area contributed by atoms with Crippen molar-refractivity contribution in [2.24, 2.45) is 0 Å². The van der Waals surface area contributed by atoms with Crippen LogP contribution in [0.5, 0.6) is 11.5 Å². The fourth-order valence-corrected chi connectivity index (χ4v) is 6.71. The van der Waals surface area contributed by atoms with Crippen LogP contribution in [0, 0.1) is 0 Å². The molecule has 0 spiro atoms. The molecule has 222 valence electrons. The predicted octanol–water partition coefficient (Wildman–Crippen LogP) is 8.28. The molecule has 2 aromatic rings. The number of benzene rings is 2. The van der Waals surface area contributed by atoms with Gasteiger partial charge >= 0.3 is 14.6 Å². The van der Waals surface area contributed by atoms with E-state index in [2.05, 4.69) is 50.2 Å². The molecular weight excluding hydrogens is 514 g/mol. The van der Waals surface area contributed by atoms with E-state index in [1.807, 2.05) is 0 Å². The fourth-order valence-electron chi connectivity index (χ4n) is 6.71. The van der Waals surface area contributed by atoms with Gasteiger partial charge in [-0.25, -0.2) is 0 Å². The predicted molar refractivity (Wildman–Crippen MR) is 165 cm³/mol. The second-order valence-corrected chi connectivity index (χ2v) is 11.8. The van der Waals surface area contributed by atoms with E-state index >= 15 is 0 Å². The lowest BCUT2D eigenvalue weighted by molar-refractivity contribution is 0.271. The number of rotatable bonds is 18. The Morgan fingerprint density at radius 3 is 1.37 bits per heavy atom. The molecule has 3 aliphatic rings. The molecule has 0 N–H and O–H groups in total. The van der Waals surface area contributed by atoms with Gasteiger partial charge in [-0.2, -0.15) is 0 Å². The standard InChI is InChI=1S/C33H48B2O6/c1-3-5-7-9-11-13-19-33(20-14-12-10-8-6-4-2)31-25-27(40-34-36-21-22-37-34)15-17-29(31)30-18-16-28(26-32(30)33)41-35-38-23-24-39-35/h15-18,25-26H,3-14,19-24H2,1-2H3. The van der Waals surface area contributed by atoms with Crippen LogP contribution in [0.2, 0.25) is 0 Å². The molecule has 41 heavy (non-hydrogen) atoms. The molecule has 2 aromatic carbocycles. The van der Waals surface area contributed by atoms with Crippen LogP contribution in [0.3, 0.4) is 0 Å². The highest BCUT2D eigenvalue weighted by Gasteiger charge is 2.43. The van der Waals surface area contributed by atoms with Gasteiger partial charge in [-0.3, -0.25) is 0 Å². The van der Waals surface area contributed by atoms with Gasteiger partial charge in [0.2, 0.25) is 0 Å². The fraction of sp³-hybridized carbons (Fsp3) is 0.636. The molecule has 0 atom stereocenters. The highest BCUT2D eigenvalue weighted by Crippen LogP contribution is 2.56. The molecule has 0 saturated carbocycles. The van der Waals surface area contributed by atoms with Crippen LogP contribution in [-0.2, 0) is 24.0 Å². The molecular formula is C33H48B2O6. The lowest BCUT2D eigenvalue weighted by Gasteiger charge is -2.33. The van der Waals surface area contributed by atoms with Crippen molar-refractivity contribution in [3.63, 3.8) is 0 Å². The molecule has 0 radical (unpaired) electrons. The van der Waals surface area contributed by atoms with Crippen LogP contribution in [0.25, 0.3) is 11.1 Å². The first-order valence-corrected chi connectivity index (χ1v) is 16.3. The molecule has 6 nitrogen and oxygen atoms in total. The van der Waals surface area contributed by atoms with E-state index in [1.165, 1.54) is 99.3 Å². The number of hydrogen-bond donors (Lipinski definition) is 0. The van der Waals surface area contributed by atoms with Gasteiger partial charge in [0.1, 0.15) is 11.5 Å². The highest BCUT2D eigenvalue weighted by atomic mass is 16.8. The summed E-state index contributed by atoms with van der Waals surface area (Å²) >= 11 is 0. The van der Waals surface area contributed by atoms with Gasteiger partial charge < -0.3 is 27.9 Å². The number of unbranched alkanes of at least 4 members (excludes halogenated alkanes) is 10. The summed E-state index contributed by atoms with van der Waals surface area (Å²) in [6, 6.07) is 13.1. The van der Waals surface area contributed by atoms with E-state index in [9.17, 15) is 0 Å². The molecule has 0 bridgehead atoms. The van der Waals surface area contributed by atoms with Crippen LogP contribution in [0.15, 0.2) is 36.4 Å². The van der Waals surface area contributed by atoms with Crippen molar-refractivity contribution in [2.75, 3.05) is 26.4 Å². The van der Waals surface area contributed by atoms with Crippen molar-refractivity contribution in [3.05, 3.63) is 47.5 Å². The van der Waals surface area contributed by atoms with Gasteiger partial charge in [0.25, 0.3) is 0 Å². The summed E-state index contributed by atoms with van der Waals surface area (Å²) < 4.78 is 34.7. The van der Waals surface area contributed by atoms with Gasteiger partial charge in [-0.15, -0.1) is 0 Å². The Labute approximate surface area is 248 Å². The normalized spacial score (nSPS) is 17.2.